The van der Waals surface area contributed by atoms with E-state index in [1.165, 1.54) is 0 Å². The van der Waals surface area contributed by atoms with Crippen molar-refractivity contribution >= 4 is 28.9 Å². The van der Waals surface area contributed by atoms with Gasteiger partial charge >= 0.3 is 0 Å². The van der Waals surface area contributed by atoms with E-state index in [0.717, 1.165) is 5.69 Å². The lowest BCUT2D eigenvalue weighted by molar-refractivity contribution is 1.21. The van der Waals surface area contributed by atoms with Gasteiger partial charge in [-0.15, -0.1) is 0 Å². The van der Waals surface area contributed by atoms with E-state index in [9.17, 15) is 0 Å². The first-order chi connectivity index (χ1) is 7.25. The van der Waals surface area contributed by atoms with Crippen LogP contribution >= 0.6 is 11.6 Å². The molecule has 0 amide bonds. The summed E-state index contributed by atoms with van der Waals surface area (Å²) < 4.78 is 0. The molecule has 0 aliphatic carbocycles. The fraction of sp³-hybridized carbons (Fsp3) is 0. The predicted octanol–water partition coefficient (Wildman–Crippen LogP) is 2.46. The van der Waals surface area contributed by atoms with E-state index < -0.39 is 0 Å². The number of anilines is 3. The molecule has 2 rings (SSSR count). The van der Waals surface area contributed by atoms with Crippen molar-refractivity contribution in [1.82, 2.24) is 9.97 Å². The fourth-order valence-electron chi connectivity index (χ4n) is 1.12. The Hall–Kier alpha value is -1.81. The molecule has 0 aliphatic rings. The summed E-state index contributed by atoms with van der Waals surface area (Å²) >= 11 is 5.77. The zero-order chi connectivity index (χ0) is 10.7. The number of halogens is 1. The molecule has 1 aromatic heterocycles. The SMILES string of the molecule is Nc1nccnc1Nc1ccc(Cl)cc1. The number of hydrogen-bond donors (Lipinski definition) is 2. The molecule has 0 radical (unpaired) electrons. The van der Waals surface area contributed by atoms with Crippen LogP contribution in [0.5, 0.6) is 0 Å². The first-order valence-electron chi connectivity index (χ1n) is 4.35. The molecule has 0 unspecified atom stereocenters. The van der Waals surface area contributed by atoms with Crippen LogP contribution in [-0.4, -0.2) is 9.97 Å². The third-order valence-electron chi connectivity index (χ3n) is 1.83. The van der Waals surface area contributed by atoms with E-state index in [-0.39, 0.29) is 0 Å². The highest BCUT2D eigenvalue weighted by atomic mass is 35.5. The summed E-state index contributed by atoms with van der Waals surface area (Å²) in [5.74, 6) is 0.910. The summed E-state index contributed by atoms with van der Waals surface area (Å²) in [6.45, 7) is 0. The molecule has 0 spiro atoms. The van der Waals surface area contributed by atoms with E-state index in [2.05, 4.69) is 15.3 Å². The second-order valence-corrected chi connectivity index (χ2v) is 3.36. The minimum absolute atomic E-state index is 0.368. The van der Waals surface area contributed by atoms with Crippen LogP contribution in [0.15, 0.2) is 36.7 Å². The Bertz CT molecular complexity index is 455. The topological polar surface area (TPSA) is 63.8 Å². The minimum atomic E-state index is 0.368. The summed E-state index contributed by atoms with van der Waals surface area (Å²) in [6.07, 6.45) is 3.12. The lowest BCUT2D eigenvalue weighted by Gasteiger charge is -2.06. The number of benzene rings is 1. The number of aromatic nitrogens is 2. The molecule has 1 heterocycles. The average molecular weight is 221 g/mol. The summed E-state index contributed by atoms with van der Waals surface area (Å²) in [4.78, 5) is 7.98. The van der Waals surface area contributed by atoms with Crippen LogP contribution < -0.4 is 11.1 Å². The van der Waals surface area contributed by atoms with Gasteiger partial charge in [0, 0.05) is 23.1 Å². The Morgan fingerprint density at radius 2 is 1.73 bits per heavy atom. The van der Waals surface area contributed by atoms with E-state index in [0.29, 0.717) is 16.7 Å². The maximum atomic E-state index is 5.77. The molecule has 15 heavy (non-hydrogen) atoms. The van der Waals surface area contributed by atoms with E-state index in [1.807, 2.05) is 12.1 Å². The smallest absolute Gasteiger partial charge is 0.173 e. The van der Waals surface area contributed by atoms with Crippen molar-refractivity contribution in [1.29, 1.82) is 0 Å². The molecule has 4 nitrogen and oxygen atoms in total. The largest absolute Gasteiger partial charge is 0.381 e. The van der Waals surface area contributed by atoms with Crippen molar-refractivity contribution in [3.8, 4) is 0 Å². The third kappa shape index (κ3) is 2.35. The second kappa shape index (κ2) is 4.14. The van der Waals surface area contributed by atoms with Crippen LogP contribution in [0.3, 0.4) is 0 Å². The number of nitrogens with zero attached hydrogens (tertiary/aromatic N) is 2. The van der Waals surface area contributed by atoms with Gasteiger partial charge < -0.3 is 11.1 Å². The van der Waals surface area contributed by atoms with Crippen molar-refractivity contribution in [2.45, 2.75) is 0 Å². The monoisotopic (exact) mass is 220 g/mol. The van der Waals surface area contributed by atoms with Gasteiger partial charge in [-0.2, -0.15) is 0 Å². The molecule has 0 fully saturated rings. The van der Waals surface area contributed by atoms with E-state index in [1.54, 1.807) is 24.5 Å². The molecule has 0 atom stereocenters. The Kier molecular flexibility index (Phi) is 2.69. The highest BCUT2D eigenvalue weighted by molar-refractivity contribution is 6.30. The normalized spacial score (nSPS) is 9.93. The lowest BCUT2D eigenvalue weighted by Crippen LogP contribution is -2.00. The fourth-order valence-corrected chi connectivity index (χ4v) is 1.24. The van der Waals surface area contributed by atoms with Crippen molar-refractivity contribution < 1.29 is 0 Å². The van der Waals surface area contributed by atoms with Gasteiger partial charge in [0.05, 0.1) is 0 Å². The third-order valence-corrected chi connectivity index (χ3v) is 2.09. The molecule has 0 saturated heterocycles. The number of nitrogens with one attached hydrogen (secondary N) is 1. The van der Waals surface area contributed by atoms with Gasteiger partial charge in [-0.1, -0.05) is 11.6 Å². The number of rotatable bonds is 2. The molecule has 0 bridgehead atoms. The summed E-state index contributed by atoms with van der Waals surface area (Å²) in [6, 6.07) is 7.26. The van der Waals surface area contributed by atoms with Gasteiger partial charge in [-0.05, 0) is 24.3 Å². The van der Waals surface area contributed by atoms with Crippen molar-refractivity contribution in [3.05, 3.63) is 41.7 Å². The molecule has 76 valence electrons. The van der Waals surface area contributed by atoms with Gasteiger partial charge in [0.25, 0.3) is 0 Å². The van der Waals surface area contributed by atoms with E-state index >= 15 is 0 Å². The highest BCUT2D eigenvalue weighted by Gasteiger charge is 2.00. The van der Waals surface area contributed by atoms with E-state index in [4.69, 9.17) is 17.3 Å². The van der Waals surface area contributed by atoms with Gasteiger partial charge in [0.2, 0.25) is 0 Å². The second-order valence-electron chi connectivity index (χ2n) is 2.92. The van der Waals surface area contributed by atoms with Gasteiger partial charge in [0.15, 0.2) is 11.6 Å². The molecule has 0 aliphatic heterocycles. The Balaban J connectivity index is 2.22. The first kappa shape index (κ1) is 9.73. The molecule has 5 heteroatoms. The van der Waals surface area contributed by atoms with Crippen LogP contribution in [0.1, 0.15) is 0 Å². The van der Waals surface area contributed by atoms with Crippen molar-refractivity contribution in [2.75, 3.05) is 11.1 Å². The predicted molar refractivity (Wildman–Crippen MR) is 61.2 cm³/mol. The number of nitrogens with two attached hydrogens (primary N) is 1. The van der Waals surface area contributed by atoms with Crippen molar-refractivity contribution in [2.24, 2.45) is 0 Å². The van der Waals surface area contributed by atoms with Crippen LogP contribution in [0.25, 0.3) is 0 Å². The molecule has 1 aromatic carbocycles. The standard InChI is InChI=1S/C10H9ClN4/c11-7-1-3-8(4-2-7)15-10-9(12)13-5-6-14-10/h1-6H,(H2,12,13)(H,14,15). The van der Waals surface area contributed by atoms with Crippen LogP contribution in [0, 0.1) is 0 Å². The Morgan fingerprint density at radius 3 is 2.40 bits per heavy atom. The summed E-state index contributed by atoms with van der Waals surface area (Å²) in [7, 11) is 0. The Morgan fingerprint density at radius 1 is 1.07 bits per heavy atom. The maximum absolute atomic E-state index is 5.77. The average Bonchev–Trinajstić information content (AvgIpc) is 2.25. The first-order valence-corrected chi connectivity index (χ1v) is 4.72. The number of hydrogen-bond acceptors (Lipinski definition) is 4. The van der Waals surface area contributed by atoms with Crippen molar-refractivity contribution in [3.63, 3.8) is 0 Å². The number of nitrogen functional groups attached to an aromatic ring is 1. The molecular formula is C10H9ClN4. The van der Waals surface area contributed by atoms with Crippen LogP contribution in [0.2, 0.25) is 5.02 Å². The quantitative estimate of drug-likeness (QED) is 0.816. The van der Waals surface area contributed by atoms with Gasteiger partial charge in [-0.3, -0.25) is 0 Å². The van der Waals surface area contributed by atoms with Crippen LogP contribution in [0.4, 0.5) is 17.3 Å². The van der Waals surface area contributed by atoms with Crippen LogP contribution in [-0.2, 0) is 0 Å². The molecule has 2 aromatic rings. The molecular weight excluding hydrogens is 212 g/mol. The highest BCUT2D eigenvalue weighted by Crippen LogP contribution is 2.19. The zero-order valence-electron chi connectivity index (χ0n) is 7.81. The summed E-state index contributed by atoms with van der Waals surface area (Å²) in [5, 5.41) is 3.73. The molecule has 0 saturated carbocycles. The Labute approximate surface area is 92.1 Å². The maximum Gasteiger partial charge on any atom is 0.173 e. The lowest BCUT2D eigenvalue weighted by atomic mass is 10.3. The molecule has 3 N–H and O–H groups in total. The van der Waals surface area contributed by atoms with Gasteiger partial charge in [0.1, 0.15) is 0 Å². The van der Waals surface area contributed by atoms with Gasteiger partial charge in [-0.25, -0.2) is 9.97 Å². The zero-order valence-corrected chi connectivity index (χ0v) is 8.57. The summed E-state index contributed by atoms with van der Waals surface area (Å²) in [5.41, 5.74) is 6.50. The minimum Gasteiger partial charge on any atom is -0.381 e.